The number of carboxylic acids is 1. The number of likely N-dealkylation sites (tertiary alicyclic amines) is 1. The van der Waals surface area contributed by atoms with Gasteiger partial charge < -0.3 is 29.3 Å². The van der Waals surface area contributed by atoms with Crippen LogP contribution in [0.25, 0.3) is 6.08 Å². The van der Waals surface area contributed by atoms with E-state index in [-0.39, 0.29) is 34.8 Å². The number of ether oxygens (including phenoxy) is 3. The molecule has 3 aliphatic carbocycles. The maximum absolute atomic E-state index is 14.8. The molecule has 8 rings (SSSR count). The number of hydrogen-bond acceptors (Lipinski definition) is 8. The van der Waals surface area contributed by atoms with Gasteiger partial charge in [0.25, 0.3) is 0 Å². The van der Waals surface area contributed by atoms with Crippen molar-refractivity contribution in [1.82, 2.24) is 4.90 Å². The Morgan fingerprint density at radius 3 is 2.48 bits per heavy atom. The zero-order chi connectivity index (χ0) is 34.7. The van der Waals surface area contributed by atoms with Crippen LogP contribution >= 0.6 is 0 Å². The summed E-state index contributed by atoms with van der Waals surface area (Å²) in [6.45, 7) is 13.5. The van der Waals surface area contributed by atoms with E-state index in [9.17, 15) is 29.4 Å². The van der Waals surface area contributed by atoms with Crippen molar-refractivity contribution in [3.63, 3.8) is 0 Å². The molecule has 4 aliphatic heterocycles. The number of fused-ring (bicyclic) bond motifs is 2. The van der Waals surface area contributed by atoms with Crippen LogP contribution in [0, 0.1) is 11.8 Å². The largest absolute Gasteiger partial charge is 0.506 e. The molecule has 1 saturated carbocycles. The molecule has 48 heavy (non-hydrogen) atoms. The lowest BCUT2D eigenvalue weighted by Crippen LogP contribution is -2.72. The summed E-state index contributed by atoms with van der Waals surface area (Å²) < 4.78 is 20.4. The third-order valence-corrected chi connectivity index (χ3v) is 11.2. The van der Waals surface area contributed by atoms with Crippen LogP contribution in [0.15, 0.2) is 41.0 Å². The minimum Gasteiger partial charge on any atom is -0.506 e. The Hall–Kier alpha value is -4.18. The minimum atomic E-state index is -1.65. The fourth-order valence-electron chi connectivity index (χ4n) is 8.94. The number of carbonyl (C=O) groups excluding carboxylic acids is 3. The predicted molar refractivity (Wildman–Crippen MR) is 176 cm³/mol. The highest BCUT2D eigenvalue weighted by Gasteiger charge is 2.81. The maximum atomic E-state index is 14.8. The smallest absolute Gasteiger partial charge is 0.326 e. The molecule has 4 bridgehead atoms. The van der Waals surface area contributed by atoms with E-state index in [0.29, 0.717) is 54.7 Å². The number of aliphatic carboxylic acids is 1. The molecule has 5 atom stereocenters. The highest BCUT2D eigenvalue weighted by Crippen LogP contribution is 2.68. The van der Waals surface area contributed by atoms with Crippen LogP contribution in [0.5, 0.6) is 17.2 Å². The average Bonchev–Trinajstić information content (AvgIpc) is 3.55. The first-order valence-corrected chi connectivity index (χ1v) is 16.8. The number of carbonyl (C=O) groups is 4. The molecule has 7 aliphatic rings. The van der Waals surface area contributed by atoms with Crippen LogP contribution in [-0.4, -0.2) is 73.5 Å². The van der Waals surface area contributed by atoms with Gasteiger partial charge >= 0.3 is 5.97 Å². The number of Topliss-reactive ketones (excluding diaryl/α,β-unsaturated/α-hetero) is 2. The molecule has 10 heteroatoms. The second-order valence-corrected chi connectivity index (χ2v) is 15.4. The van der Waals surface area contributed by atoms with Gasteiger partial charge in [0.15, 0.2) is 22.8 Å². The number of phenols is 1. The molecule has 1 aromatic rings. The molecule has 4 heterocycles. The molecule has 2 saturated heterocycles. The monoisotopic (exact) mass is 657 g/mol. The number of benzene rings is 1. The number of carboxylic acid groups (broad SMARTS) is 1. The molecule has 1 spiro atoms. The molecular formula is C38H43NO9. The minimum absolute atomic E-state index is 0.0405. The van der Waals surface area contributed by atoms with Crippen molar-refractivity contribution < 1.29 is 43.6 Å². The number of phenolic OH excluding ortho intramolecular Hbond substituents is 1. The van der Waals surface area contributed by atoms with Gasteiger partial charge in [0.2, 0.25) is 5.91 Å². The molecule has 1 unspecified atom stereocenters. The van der Waals surface area contributed by atoms with Crippen molar-refractivity contribution in [3.8, 4) is 17.2 Å². The standard InChI is InChI=1S/C38H43NO9/c1-19(2)10-11-23-30-22(13-14-35(4,5)46-30)28(40)27-29(41)24-17-21-18-26-36(6,7)48-37(32(21)42,38(24,26)47-31(23)27)15-12-20(3)33(43)39-16-8-9-25(39)34(44)45/h10,12-14,17,21,25-26,40H,8-9,11,15-16,18H2,1-7H3,(H,44,45)/b20-12-/t21-,25-,26?,37+,38-/m0/s1. The molecule has 10 nitrogen and oxygen atoms in total. The Balaban J connectivity index is 1.41. The van der Waals surface area contributed by atoms with Gasteiger partial charge in [0.05, 0.1) is 11.2 Å². The normalized spacial score (nSPS) is 31.7. The lowest BCUT2D eigenvalue weighted by atomic mass is 9.51. The van der Waals surface area contributed by atoms with E-state index in [0.717, 1.165) is 5.57 Å². The predicted octanol–water partition coefficient (Wildman–Crippen LogP) is 5.50. The van der Waals surface area contributed by atoms with Crippen molar-refractivity contribution in [2.24, 2.45) is 11.8 Å². The lowest BCUT2D eigenvalue weighted by Gasteiger charge is -2.56. The van der Waals surface area contributed by atoms with E-state index in [4.69, 9.17) is 14.2 Å². The molecule has 1 aromatic carbocycles. The van der Waals surface area contributed by atoms with Gasteiger partial charge in [-0.1, -0.05) is 23.8 Å². The van der Waals surface area contributed by atoms with E-state index in [2.05, 4.69) is 0 Å². The maximum Gasteiger partial charge on any atom is 0.326 e. The van der Waals surface area contributed by atoms with Crippen LogP contribution in [0.1, 0.15) is 95.6 Å². The van der Waals surface area contributed by atoms with E-state index >= 15 is 0 Å². The zero-order valence-corrected chi connectivity index (χ0v) is 28.6. The summed E-state index contributed by atoms with van der Waals surface area (Å²) >= 11 is 0. The molecule has 3 fully saturated rings. The van der Waals surface area contributed by atoms with Crippen molar-refractivity contribution >= 4 is 29.5 Å². The summed E-state index contributed by atoms with van der Waals surface area (Å²) in [6.07, 6.45) is 10.6. The average molecular weight is 658 g/mol. The molecule has 0 radical (unpaired) electrons. The second kappa shape index (κ2) is 10.4. The Morgan fingerprint density at radius 2 is 1.79 bits per heavy atom. The summed E-state index contributed by atoms with van der Waals surface area (Å²) in [7, 11) is 0. The van der Waals surface area contributed by atoms with Crippen molar-refractivity contribution in [2.75, 3.05) is 6.54 Å². The Labute approximate surface area is 280 Å². The van der Waals surface area contributed by atoms with Crippen LogP contribution in [0.4, 0.5) is 0 Å². The first kappa shape index (κ1) is 32.4. The van der Waals surface area contributed by atoms with E-state index < -0.39 is 57.9 Å². The molecule has 0 aromatic heterocycles. The number of rotatable bonds is 6. The lowest BCUT2D eigenvalue weighted by molar-refractivity contribution is -0.171. The third kappa shape index (κ3) is 4.27. The van der Waals surface area contributed by atoms with Gasteiger partial charge in [-0.05, 0) is 86.3 Å². The van der Waals surface area contributed by atoms with Crippen molar-refractivity contribution in [3.05, 3.63) is 57.7 Å². The second-order valence-electron chi connectivity index (χ2n) is 15.4. The fourth-order valence-corrected chi connectivity index (χ4v) is 8.94. The van der Waals surface area contributed by atoms with Crippen molar-refractivity contribution in [1.29, 1.82) is 0 Å². The van der Waals surface area contributed by atoms with Gasteiger partial charge in [-0.2, -0.15) is 0 Å². The van der Waals surface area contributed by atoms with Gasteiger partial charge in [-0.15, -0.1) is 0 Å². The summed E-state index contributed by atoms with van der Waals surface area (Å²) in [6, 6.07) is -0.902. The zero-order valence-electron chi connectivity index (χ0n) is 28.6. The third-order valence-electron chi connectivity index (χ3n) is 11.2. The van der Waals surface area contributed by atoms with Crippen LogP contribution < -0.4 is 9.47 Å². The van der Waals surface area contributed by atoms with Gasteiger partial charge in [-0.25, -0.2) is 4.79 Å². The van der Waals surface area contributed by atoms with E-state index in [1.165, 1.54) is 4.90 Å². The first-order chi connectivity index (χ1) is 22.5. The highest BCUT2D eigenvalue weighted by atomic mass is 16.6. The number of nitrogens with zero attached hydrogens (tertiary/aromatic N) is 1. The van der Waals surface area contributed by atoms with Gasteiger partial charge in [0, 0.05) is 41.5 Å². The number of aromatic hydroxyl groups is 1. The Bertz CT molecular complexity index is 1820. The number of ketones is 2. The summed E-state index contributed by atoms with van der Waals surface area (Å²) in [5.74, 6) is -2.75. The fraction of sp³-hybridized carbons (Fsp3) is 0.526. The van der Waals surface area contributed by atoms with Gasteiger partial charge in [0.1, 0.15) is 34.5 Å². The number of amides is 1. The summed E-state index contributed by atoms with van der Waals surface area (Å²) in [5, 5.41) is 21.4. The quantitative estimate of drug-likeness (QED) is 0.300. The number of hydrogen-bond donors (Lipinski definition) is 2. The first-order valence-electron chi connectivity index (χ1n) is 16.8. The molecule has 254 valence electrons. The Morgan fingerprint density at radius 1 is 1.06 bits per heavy atom. The molecule has 2 N–H and O–H groups in total. The van der Waals surface area contributed by atoms with Crippen LogP contribution in [0.3, 0.4) is 0 Å². The topological polar surface area (TPSA) is 140 Å². The number of allylic oxidation sites excluding steroid dienone is 3. The van der Waals surface area contributed by atoms with E-state index in [1.54, 1.807) is 25.2 Å². The summed E-state index contributed by atoms with van der Waals surface area (Å²) in [5.41, 5.74) is -2.11. The SMILES string of the molecule is CC(C)=CCc1c2c(c(O)c3c1O[C@@]14C(=C[C@H]5CC1C(C)(C)O[C@]4(C/C=C(/C)C(=O)N1CCC[C@H]1C(=O)O)C5=O)C3=O)C=CC(C)(C)O2. The van der Waals surface area contributed by atoms with E-state index in [1.807, 2.05) is 53.7 Å². The molecular weight excluding hydrogens is 614 g/mol. The highest BCUT2D eigenvalue weighted by molar-refractivity contribution is 6.19. The van der Waals surface area contributed by atoms with Gasteiger partial charge in [-0.3, -0.25) is 14.4 Å². The molecule has 1 amide bonds. The van der Waals surface area contributed by atoms with Crippen LogP contribution in [0.2, 0.25) is 0 Å². The van der Waals surface area contributed by atoms with Crippen molar-refractivity contribution in [2.45, 2.75) is 109 Å². The Kier molecular flexibility index (Phi) is 7.02. The summed E-state index contributed by atoms with van der Waals surface area (Å²) in [4.78, 5) is 56.0. The van der Waals surface area contributed by atoms with Crippen LogP contribution in [-0.2, 0) is 25.5 Å².